The summed E-state index contributed by atoms with van der Waals surface area (Å²) in [6.45, 7) is 0.512. The van der Waals surface area contributed by atoms with Crippen LogP contribution in [0.1, 0.15) is 16.7 Å². The molecule has 0 radical (unpaired) electrons. The predicted octanol–water partition coefficient (Wildman–Crippen LogP) is 3.75. The van der Waals surface area contributed by atoms with Crippen LogP contribution < -0.4 is 14.8 Å². The normalized spacial score (nSPS) is 11.8. The molecule has 6 heteroatoms. The second-order valence-electron chi connectivity index (χ2n) is 5.95. The molecule has 1 heterocycles. The van der Waals surface area contributed by atoms with Gasteiger partial charge in [0.25, 0.3) is 0 Å². The summed E-state index contributed by atoms with van der Waals surface area (Å²) >= 11 is 0. The molecule has 2 N–H and O–H groups in total. The maximum absolute atomic E-state index is 13.3. The summed E-state index contributed by atoms with van der Waals surface area (Å²) in [6, 6.07) is 10.5. The van der Waals surface area contributed by atoms with Gasteiger partial charge in [-0.3, -0.25) is 5.10 Å². The number of ether oxygens (including phenoxy) is 2. The molecule has 4 rings (SSSR count). The number of aromatic amines is 1. The van der Waals surface area contributed by atoms with E-state index < -0.39 is 0 Å². The van der Waals surface area contributed by atoms with E-state index in [1.165, 1.54) is 12.1 Å². The van der Waals surface area contributed by atoms with E-state index in [0.29, 0.717) is 18.0 Å². The highest BCUT2D eigenvalue weighted by Crippen LogP contribution is 2.43. The zero-order valence-corrected chi connectivity index (χ0v) is 14.0. The lowest BCUT2D eigenvalue weighted by atomic mass is 10.1. The summed E-state index contributed by atoms with van der Waals surface area (Å²) in [4.78, 5) is 0. The molecule has 1 aliphatic rings. The minimum Gasteiger partial charge on any atom is -0.493 e. The fourth-order valence-electron chi connectivity index (χ4n) is 3.23. The van der Waals surface area contributed by atoms with Crippen LogP contribution in [-0.2, 0) is 13.0 Å². The van der Waals surface area contributed by atoms with Crippen molar-refractivity contribution in [3.8, 4) is 22.8 Å². The topological polar surface area (TPSA) is 59.2 Å². The zero-order valence-electron chi connectivity index (χ0n) is 14.0. The van der Waals surface area contributed by atoms with Gasteiger partial charge in [0.2, 0.25) is 0 Å². The minimum absolute atomic E-state index is 0.238. The second-order valence-corrected chi connectivity index (χ2v) is 5.95. The van der Waals surface area contributed by atoms with Gasteiger partial charge in [-0.2, -0.15) is 5.10 Å². The molecule has 0 aliphatic heterocycles. The largest absolute Gasteiger partial charge is 0.493 e. The van der Waals surface area contributed by atoms with Crippen molar-refractivity contribution in [3.05, 3.63) is 58.9 Å². The third-order valence-electron chi connectivity index (χ3n) is 4.46. The van der Waals surface area contributed by atoms with Crippen molar-refractivity contribution in [1.82, 2.24) is 10.2 Å². The van der Waals surface area contributed by atoms with E-state index in [-0.39, 0.29) is 5.82 Å². The Morgan fingerprint density at radius 3 is 2.72 bits per heavy atom. The van der Waals surface area contributed by atoms with Crippen LogP contribution in [0.5, 0.6) is 11.5 Å². The number of halogens is 1. The smallest absolute Gasteiger partial charge is 0.161 e. The maximum Gasteiger partial charge on any atom is 0.161 e. The lowest BCUT2D eigenvalue weighted by molar-refractivity contribution is 0.355. The average molecular weight is 339 g/mol. The summed E-state index contributed by atoms with van der Waals surface area (Å²) in [6.07, 6.45) is 0.757. The van der Waals surface area contributed by atoms with Gasteiger partial charge in [-0.05, 0) is 35.4 Å². The van der Waals surface area contributed by atoms with Gasteiger partial charge in [-0.25, -0.2) is 4.39 Å². The number of aromatic nitrogens is 2. The van der Waals surface area contributed by atoms with Gasteiger partial charge in [-0.15, -0.1) is 0 Å². The number of H-pyrrole nitrogens is 1. The lowest BCUT2D eigenvalue weighted by Gasteiger charge is -2.10. The summed E-state index contributed by atoms with van der Waals surface area (Å²) in [5.74, 6) is 1.96. The molecule has 0 fully saturated rings. The van der Waals surface area contributed by atoms with Crippen LogP contribution >= 0.6 is 0 Å². The number of methoxy groups -OCH3 is 2. The van der Waals surface area contributed by atoms with Crippen molar-refractivity contribution >= 4 is 5.82 Å². The Bertz CT molecular complexity index is 936. The van der Waals surface area contributed by atoms with Gasteiger partial charge in [0.1, 0.15) is 5.82 Å². The number of rotatable bonds is 5. The quantitative estimate of drug-likeness (QED) is 0.581. The fourth-order valence-corrected chi connectivity index (χ4v) is 3.23. The highest BCUT2D eigenvalue weighted by molar-refractivity contribution is 5.80. The molecular weight excluding hydrogens is 321 g/mol. The molecule has 3 aromatic rings. The Labute approximate surface area is 144 Å². The van der Waals surface area contributed by atoms with Gasteiger partial charge in [0, 0.05) is 24.1 Å². The Balaban J connectivity index is 1.60. The molecule has 5 nitrogen and oxygen atoms in total. The van der Waals surface area contributed by atoms with Gasteiger partial charge in [0.05, 0.1) is 19.9 Å². The molecular formula is C19H18FN3O2. The molecule has 0 saturated carbocycles. The Morgan fingerprint density at radius 2 is 1.96 bits per heavy atom. The van der Waals surface area contributed by atoms with Crippen LogP contribution in [0.4, 0.5) is 10.2 Å². The van der Waals surface area contributed by atoms with Crippen LogP contribution in [0.15, 0.2) is 36.4 Å². The standard InChI is InChI=1S/C19H18FN3O2/c1-24-16-8-12-7-15-18(14(12)9-17(16)25-2)22-23-19(15)21-10-11-4-3-5-13(20)6-11/h3-6,8-9H,7,10H2,1-2H3,(H2,21,22,23). The van der Waals surface area contributed by atoms with E-state index in [0.717, 1.165) is 40.2 Å². The molecule has 0 saturated heterocycles. The molecule has 2 aromatic carbocycles. The van der Waals surface area contributed by atoms with Crippen LogP contribution in [0.2, 0.25) is 0 Å². The number of nitrogens with one attached hydrogen (secondary N) is 2. The SMILES string of the molecule is COc1cc2c(cc1OC)-c1[nH]nc(NCc3cccc(F)c3)c1C2. The number of fused-ring (bicyclic) bond motifs is 3. The van der Waals surface area contributed by atoms with Gasteiger partial charge >= 0.3 is 0 Å². The molecule has 1 aromatic heterocycles. The Morgan fingerprint density at radius 1 is 1.16 bits per heavy atom. The van der Waals surface area contributed by atoms with E-state index in [9.17, 15) is 4.39 Å². The predicted molar refractivity (Wildman–Crippen MR) is 93.7 cm³/mol. The zero-order chi connectivity index (χ0) is 17.4. The fraction of sp³-hybridized carbons (Fsp3) is 0.211. The first-order chi connectivity index (χ1) is 12.2. The molecule has 0 atom stereocenters. The summed E-state index contributed by atoms with van der Waals surface area (Å²) in [7, 11) is 3.25. The van der Waals surface area contributed by atoms with Crippen molar-refractivity contribution in [3.63, 3.8) is 0 Å². The van der Waals surface area contributed by atoms with Crippen molar-refractivity contribution in [1.29, 1.82) is 0 Å². The molecule has 1 aliphatic carbocycles. The second kappa shape index (κ2) is 6.12. The molecule has 0 spiro atoms. The third-order valence-corrected chi connectivity index (χ3v) is 4.46. The highest BCUT2D eigenvalue weighted by Gasteiger charge is 2.26. The number of anilines is 1. The minimum atomic E-state index is -0.238. The van der Waals surface area contributed by atoms with Crippen molar-refractivity contribution in [2.45, 2.75) is 13.0 Å². The van der Waals surface area contributed by atoms with Gasteiger partial charge < -0.3 is 14.8 Å². The Kier molecular flexibility index (Phi) is 3.80. The summed E-state index contributed by atoms with van der Waals surface area (Å²) < 4.78 is 24.1. The molecule has 25 heavy (non-hydrogen) atoms. The molecule has 0 bridgehead atoms. The number of nitrogens with zero attached hydrogens (tertiary/aromatic N) is 1. The molecule has 128 valence electrons. The highest BCUT2D eigenvalue weighted by atomic mass is 19.1. The summed E-state index contributed by atoms with van der Waals surface area (Å²) in [5, 5.41) is 10.8. The van der Waals surface area contributed by atoms with Crippen molar-refractivity contribution in [2.24, 2.45) is 0 Å². The van der Waals surface area contributed by atoms with Crippen LogP contribution in [0.25, 0.3) is 11.3 Å². The van der Waals surface area contributed by atoms with E-state index in [2.05, 4.69) is 15.5 Å². The molecule has 0 amide bonds. The average Bonchev–Trinajstić information content (AvgIpc) is 3.17. The van der Waals surface area contributed by atoms with Crippen LogP contribution in [-0.4, -0.2) is 24.4 Å². The van der Waals surface area contributed by atoms with E-state index >= 15 is 0 Å². The Hall–Kier alpha value is -3.02. The van der Waals surface area contributed by atoms with Crippen molar-refractivity contribution in [2.75, 3.05) is 19.5 Å². The maximum atomic E-state index is 13.3. The van der Waals surface area contributed by atoms with Gasteiger partial charge in [-0.1, -0.05) is 12.1 Å². The first kappa shape index (κ1) is 15.5. The monoisotopic (exact) mass is 339 g/mol. The van der Waals surface area contributed by atoms with Crippen LogP contribution in [0.3, 0.4) is 0 Å². The first-order valence-corrected chi connectivity index (χ1v) is 8.00. The number of hydrogen-bond donors (Lipinski definition) is 2. The summed E-state index contributed by atoms with van der Waals surface area (Å²) in [5.41, 5.74) is 5.18. The number of benzene rings is 2. The first-order valence-electron chi connectivity index (χ1n) is 8.00. The molecule has 0 unspecified atom stereocenters. The van der Waals surface area contributed by atoms with Crippen LogP contribution in [0, 0.1) is 5.82 Å². The van der Waals surface area contributed by atoms with E-state index in [1.54, 1.807) is 20.3 Å². The van der Waals surface area contributed by atoms with Gasteiger partial charge in [0.15, 0.2) is 17.3 Å². The van der Waals surface area contributed by atoms with Crippen molar-refractivity contribution < 1.29 is 13.9 Å². The van der Waals surface area contributed by atoms with E-state index in [4.69, 9.17) is 9.47 Å². The lowest BCUT2D eigenvalue weighted by Crippen LogP contribution is -2.02. The number of hydrogen-bond acceptors (Lipinski definition) is 4. The van der Waals surface area contributed by atoms with E-state index in [1.807, 2.05) is 18.2 Å². The third kappa shape index (κ3) is 2.69.